The lowest BCUT2D eigenvalue weighted by Crippen LogP contribution is -2.46. The van der Waals surface area contributed by atoms with Gasteiger partial charge in [0.15, 0.2) is 0 Å². The first-order chi connectivity index (χ1) is 10.9. The van der Waals surface area contributed by atoms with Gasteiger partial charge in [-0.25, -0.2) is 0 Å². The van der Waals surface area contributed by atoms with Crippen LogP contribution in [-0.4, -0.2) is 49.2 Å². The fraction of sp³-hybridized carbons (Fsp3) is 0.947. The summed E-state index contributed by atoms with van der Waals surface area (Å²) >= 11 is 0. The zero-order valence-electron chi connectivity index (χ0n) is 15.6. The Morgan fingerprint density at radius 3 is 2.39 bits per heavy atom. The van der Waals surface area contributed by atoms with Crippen LogP contribution in [0, 0.1) is 11.3 Å². The number of morpholine rings is 1. The first kappa shape index (κ1) is 18.7. The van der Waals surface area contributed by atoms with E-state index in [1.807, 2.05) is 0 Å². The second-order valence-electron chi connectivity index (χ2n) is 8.21. The summed E-state index contributed by atoms with van der Waals surface area (Å²) in [5, 5.41) is 3.24. The van der Waals surface area contributed by atoms with E-state index in [9.17, 15) is 4.79 Å². The SMILES string of the molecule is CC(C)CC1(C(=O)NCCCN2C[C@H](C)O[C@@H](C)C2)CCCC1. The molecule has 0 radical (unpaired) electrons. The van der Waals surface area contributed by atoms with Crippen molar-refractivity contribution in [2.24, 2.45) is 11.3 Å². The van der Waals surface area contributed by atoms with Crippen LogP contribution in [0.3, 0.4) is 0 Å². The molecule has 0 unspecified atom stereocenters. The Kier molecular flexibility index (Phi) is 6.90. The first-order valence-corrected chi connectivity index (χ1v) is 9.57. The first-order valence-electron chi connectivity index (χ1n) is 9.57. The third kappa shape index (κ3) is 5.46. The summed E-state index contributed by atoms with van der Waals surface area (Å²) < 4.78 is 5.77. The molecule has 1 saturated carbocycles. The predicted molar refractivity (Wildman–Crippen MR) is 94.4 cm³/mol. The van der Waals surface area contributed by atoms with Crippen LogP contribution in [0.25, 0.3) is 0 Å². The van der Waals surface area contributed by atoms with Crippen molar-refractivity contribution in [1.82, 2.24) is 10.2 Å². The standard InChI is InChI=1S/C19H36N2O2/c1-15(2)12-19(8-5-6-9-19)18(22)20-10-7-11-21-13-16(3)23-17(4)14-21/h15-17H,5-14H2,1-4H3,(H,20,22)/t16-,17-/m0/s1. The summed E-state index contributed by atoms with van der Waals surface area (Å²) in [6, 6.07) is 0. The van der Waals surface area contributed by atoms with Gasteiger partial charge in [-0.1, -0.05) is 26.7 Å². The topological polar surface area (TPSA) is 41.6 Å². The summed E-state index contributed by atoms with van der Waals surface area (Å²) in [5.74, 6) is 0.905. The molecule has 0 aromatic carbocycles. The molecular formula is C19H36N2O2. The van der Waals surface area contributed by atoms with E-state index in [1.165, 1.54) is 12.8 Å². The number of nitrogens with zero attached hydrogens (tertiary/aromatic N) is 1. The van der Waals surface area contributed by atoms with Gasteiger partial charge in [0.2, 0.25) is 5.91 Å². The van der Waals surface area contributed by atoms with Gasteiger partial charge in [-0.15, -0.1) is 0 Å². The minimum Gasteiger partial charge on any atom is -0.373 e. The van der Waals surface area contributed by atoms with Gasteiger partial charge in [0.05, 0.1) is 12.2 Å². The van der Waals surface area contributed by atoms with Gasteiger partial charge >= 0.3 is 0 Å². The van der Waals surface area contributed by atoms with Crippen molar-refractivity contribution in [3.05, 3.63) is 0 Å². The largest absolute Gasteiger partial charge is 0.373 e. The number of hydrogen-bond acceptors (Lipinski definition) is 3. The lowest BCUT2D eigenvalue weighted by molar-refractivity contribution is -0.131. The summed E-state index contributed by atoms with van der Waals surface area (Å²) in [5.41, 5.74) is -0.0733. The van der Waals surface area contributed by atoms with E-state index in [-0.39, 0.29) is 5.41 Å². The van der Waals surface area contributed by atoms with E-state index in [0.717, 1.165) is 51.9 Å². The molecule has 4 heteroatoms. The average Bonchev–Trinajstić information content (AvgIpc) is 2.91. The molecule has 1 amide bonds. The molecule has 1 N–H and O–H groups in total. The van der Waals surface area contributed by atoms with E-state index in [2.05, 4.69) is 37.9 Å². The molecule has 134 valence electrons. The number of carbonyl (C=O) groups is 1. The van der Waals surface area contributed by atoms with E-state index < -0.39 is 0 Å². The number of hydrogen-bond donors (Lipinski definition) is 1. The highest BCUT2D eigenvalue weighted by Gasteiger charge is 2.41. The van der Waals surface area contributed by atoms with Gasteiger partial charge in [-0.05, 0) is 45.4 Å². The molecular weight excluding hydrogens is 288 g/mol. The van der Waals surface area contributed by atoms with Crippen LogP contribution in [0.1, 0.15) is 66.2 Å². The van der Waals surface area contributed by atoms with Crippen LogP contribution in [-0.2, 0) is 9.53 Å². The maximum atomic E-state index is 12.7. The van der Waals surface area contributed by atoms with Gasteiger partial charge in [0, 0.05) is 31.6 Å². The molecule has 1 saturated heterocycles. The third-order valence-corrected chi connectivity index (χ3v) is 5.27. The Bertz CT molecular complexity index is 368. The highest BCUT2D eigenvalue weighted by atomic mass is 16.5. The molecule has 0 aromatic rings. The zero-order valence-corrected chi connectivity index (χ0v) is 15.6. The predicted octanol–water partition coefficient (Wildman–Crippen LogP) is 3.21. The Hall–Kier alpha value is -0.610. The molecule has 0 spiro atoms. The Morgan fingerprint density at radius 1 is 1.22 bits per heavy atom. The van der Waals surface area contributed by atoms with Crippen molar-refractivity contribution in [2.45, 2.75) is 78.4 Å². The monoisotopic (exact) mass is 324 g/mol. The van der Waals surface area contributed by atoms with Crippen LogP contribution in [0.2, 0.25) is 0 Å². The van der Waals surface area contributed by atoms with Gasteiger partial charge < -0.3 is 10.1 Å². The van der Waals surface area contributed by atoms with E-state index in [4.69, 9.17) is 4.74 Å². The normalized spacial score (nSPS) is 28.2. The highest BCUT2D eigenvalue weighted by molar-refractivity contribution is 5.82. The molecule has 2 aliphatic rings. The lowest BCUT2D eigenvalue weighted by Gasteiger charge is -2.35. The maximum absolute atomic E-state index is 12.7. The van der Waals surface area contributed by atoms with E-state index in [0.29, 0.717) is 24.0 Å². The number of carbonyl (C=O) groups excluding carboxylic acids is 1. The number of amides is 1. The number of nitrogens with one attached hydrogen (secondary N) is 1. The van der Waals surface area contributed by atoms with Gasteiger partial charge in [0.1, 0.15) is 0 Å². The highest BCUT2D eigenvalue weighted by Crippen LogP contribution is 2.43. The van der Waals surface area contributed by atoms with Crippen LogP contribution in [0.4, 0.5) is 0 Å². The van der Waals surface area contributed by atoms with Crippen molar-refractivity contribution in [2.75, 3.05) is 26.2 Å². The van der Waals surface area contributed by atoms with Crippen LogP contribution < -0.4 is 5.32 Å². The maximum Gasteiger partial charge on any atom is 0.226 e. The summed E-state index contributed by atoms with van der Waals surface area (Å²) in [6.07, 6.45) is 7.29. The van der Waals surface area contributed by atoms with E-state index >= 15 is 0 Å². The Morgan fingerprint density at radius 2 is 1.83 bits per heavy atom. The van der Waals surface area contributed by atoms with Gasteiger partial charge in [-0.2, -0.15) is 0 Å². The minimum atomic E-state index is -0.0733. The second kappa shape index (κ2) is 8.48. The number of rotatable bonds is 7. The molecule has 4 nitrogen and oxygen atoms in total. The molecule has 23 heavy (non-hydrogen) atoms. The summed E-state index contributed by atoms with van der Waals surface area (Å²) in [6.45, 7) is 12.6. The minimum absolute atomic E-state index is 0.0733. The molecule has 2 fully saturated rings. The molecule has 1 aliphatic heterocycles. The fourth-order valence-corrected chi connectivity index (χ4v) is 4.52. The van der Waals surface area contributed by atoms with Crippen LogP contribution >= 0.6 is 0 Å². The molecule has 0 aromatic heterocycles. The molecule has 2 atom stereocenters. The fourth-order valence-electron chi connectivity index (χ4n) is 4.52. The summed E-state index contributed by atoms with van der Waals surface area (Å²) in [7, 11) is 0. The van der Waals surface area contributed by atoms with E-state index in [1.54, 1.807) is 0 Å². The van der Waals surface area contributed by atoms with Gasteiger partial charge in [-0.3, -0.25) is 9.69 Å². The third-order valence-electron chi connectivity index (χ3n) is 5.27. The van der Waals surface area contributed by atoms with Gasteiger partial charge in [0.25, 0.3) is 0 Å². The van der Waals surface area contributed by atoms with Crippen LogP contribution in [0.15, 0.2) is 0 Å². The summed E-state index contributed by atoms with van der Waals surface area (Å²) in [4.78, 5) is 15.2. The van der Waals surface area contributed by atoms with Crippen LogP contribution in [0.5, 0.6) is 0 Å². The quantitative estimate of drug-likeness (QED) is 0.731. The van der Waals surface area contributed by atoms with Crippen molar-refractivity contribution in [1.29, 1.82) is 0 Å². The zero-order chi connectivity index (χ0) is 16.9. The molecule has 2 rings (SSSR count). The lowest BCUT2D eigenvalue weighted by atomic mass is 9.77. The second-order valence-corrected chi connectivity index (χ2v) is 8.21. The number of ether oxygens (including phenoxy) is 1. The molecule has 1 heterocycles. The molecule has 0 bridgehead atoms. The van der Waals surface area contributed by atoms with Crippen molar-refractivity contribution in [3.8, 4) is 0 Å². The molecule has 1 aliphatic carbocycles. The average molecular weight is 325 g/mol. The Labute approximate surface area is 142 Å². The Balaban J connectivity index is 1.71. The van der Waals surface area contributed by atoms with Crippen molar-refractivity contribution in [3.63, 3.8) is 0 Å². The van der Waals surface area contributed by atoms with Crippen molar-refractivity contribution < 1.29 is 9.53 Å². The van der Waals surface area contributed by atoms with Crippen molar-refractivity contribution >= 4 is 5.91 Å². The smallest absolute Gasteiger partial charge is 0.226 e.